The van der Waals surface area contributed by atoms with E-state index in [0.717, 1.165) is 16.8 Å². The lowest BCUT2D eigenvalue weighted by Gasteiger charge is -2.21. The van der Waals surface area contributed by atoms with Crippen LogP contribution < -0.4 is 19.5 Å². The van der Waals surface area contributed by atoms with Crippen LogP contribution in [0.5, 0.6) is 23.1 Å². The van der Waals surface area contributed by atoms with Gasteiger partial charge >= 0.3 is 0 Å². The standard InChI is InChI=1S/C25H21ClN4O4S/c1-32-19-11-15(12-20(33-2)22(19)31)23-27-18-10-6-4-8-16(18)21-24(34-23)28-25(30-29-21)35-13-14-7-3-5-9-17(14)26/h3-12,23,27,31H,13H2,1-2H3. The number of para-hydroxylation sites is 1. The second-order valence-corrected chi connectivity index (χ2v) is 8.94. The molecule has 1 aliphatic rings. The van der Waals surface area contributed by atoms with Gasteiger partial charge in [0.15, 0.2) is 23.4 Å². The van der Waals surface area contributed by atoms with Crippen molar-refractivity contribution in [1.82, 2.24) is 15.2 Å². The van der Waals surface area contributed by atoms with Gasteiger partial charge < -0.3 is 24.6 Å². The third-order valence-corrected chi connectivity index (χ3v) is 6.71. The number of aromatic hydroxyl groups is 1. The number of anilines is 1. The van der Waals surface area contributed by atoms with E-state index in [2.05, 4.69) is 20.5 Å². The molecule has 0 spiro atoms. The summed E-state index contributed by atoms with van der Waals surface area (Å²) < 4.78 is 17.0. The number of nitrogens with zero attached hydrogens (tertiary/aromatic N) is 3. The Morgan fingerprint density at radius 3 is 2.49 bits per heavy atom. The summed E-state index contributed by atoms with van der Waals surface area (Å²) in [7, 11) is 2.95. The number of hydrogen-bond acceptors (Lipinski definition) is 9. The van der Waals surface area contributed by atoms with Gasteiger partial charge in [-0.15, -0.1) is 10.2 Å². The van der Waals surface area contributed by atoms with E-state index in [0.29, 0.717) is 33.1 Å². The molecule has 1 unspecified atom stereocenters. The molecule has 0 saturated heterocycles. The molecule has 35 heavy (non-hydrogen) atoms. The van der Waals surface area contributed by atoms with Crippen molar-refractivity contribution in [2.75, 3.05) is 19.5 Å². The fraction of sp³-hybridized carbons (Fsp3) is 0.160. The van der Waals surface area contributed by atoms with Crippen LogP contribution in [0.3, 0.4) is 0 Å². The highest BCUT2D eigenvalue weighted by molar-refractivity contribution is 7.98. The molecule has 1 aromatic heterocycles. The molecule has 10 heteroatoms. The number of methoxy groups -OCH3 is 2. The number of phenols is 1. The smallest absolute Gasteiger partial charge is 0.247 e. The zero-order valence-corrected chi connectivity index (χ0v) is 20.4. The summed E-state index contributed by atoms with van der Waals surface area (Å²) in [5.41, 5.74) is 3.78. The zero-order chi connectivity index (χ0) is 24.4. The number of thioether (sulfide) groups is 1. The molecule has 1 atom stereocenters. The van der Waals surface area contributed by atoms with Gasteiger partial charge in [0.2, 0.25) is 16.8 Å². The first kappa shape index (κ1) is 23.1. The van der Waals surface area contributed by atoms with Gasteiger partial charge in [-0.05, 0) is 29.8 Å². The number of halogens is 1. The number of benzene rings is 3. The van der Waals surface area contributed by atoms with E-state index in [1.54, 1.807) is 12.1 Å². The fourth-order valence-electron chi connectivity index (χ4n) is 3.68. The number of ether oxygens (including phenoxy) is 3. The molecule has 8 nitrogen and oxygen atoms in total. The third kappa shape index (κ3) is 4.65. The van der Waals surface area contributed by atoms with Crippen molar-refractivity contribution in [2.45, 2.75) is 17.1 Å². The summed E-state index contributed by atoms with van der Waals surface area (Å²) in [6, 6.07) is 18.7. The predicted molar refractivity (Wildman–Crippen MR) is 134 cm³/mol. The van der Waals surface area contributed by atoms with E-state index in [4.69, 9.17) is 25.8 Å². The maximum Gasteiger partial charge on any atom is 0.247 e. The lowest BCUT2D eigenvalue weighted by molar-refractivity contribution is 0.223. The van der Waals surface area contributed by atoms with Gasteiger partial charge in [0, 0.05) is 27.6 Å². The lowest BCUT2D eigenvalue weighted by Crippen LogP contribution is -2.17. The van der Waals surface area contributed by atoms with Gasteiger partial charge in [0.25, 0.3) is 0 Å². The highest BCUT2D eigenvalue weighted by atomic mass is 35.5. The van der Waals surface area contributed by atoms with Crippen LogP contribution >= 0.6 is 23.4 Å². The van der Waals surface area contributed by atoms with Crippen LogP contribution in [0.2, 0.25) is 5.02 Å². The first-order valence-electron chi connectivity index (χ1n) is 10.7. The molecule has 0 bridgehead atoms. The minimum Gasteiger partial charge on any atom is -0.502 e. The van der Waals surface area contributed by atoms with Crippen molar-refractivity contribution in [3.63, 3.8) is 0 Å². The van der Waals surface area contributed by atoms with Crippen LogP contribution in [0.25, 0.3) is 11.3 Å². The number of aromatic nitrogens is 3. The molecule has 0 saturated carbocycles. The highest BCUT2D eigenvalue weighted by Crippen LogP contribution is 2.43. The molecule has 5 rings (SSSR count). The van der Waals surface area contributed by atoms with Gasteiger partial charge in [0.05, 0.1) is 14.2 Å². The minimum atomic E-state index is -0.668. The fourth-order valence-corrected chi connectivity index (χ4v) is 4.75. The predicted octanol–water partition coefficient (Wildman–Crippen LogP) is 5.71. The number of hydrogen-bond donors (Lipinski definition) is 2. The molecule has 0 fully saturated rings. The van der Waals surface area contributed by atoms with Crippen LogP contribution in [0.15, 0.2) is 65.8 Å². The van der Waals surface area contributed by atoms with Crippen molar-refractivity contribution >= 4 is 29.1 Å². The Morgan fingerprint density at radius 2 is 1.74 bits per heavy atom. The largest absolute Gasteiger partial charge is 0.502 e. The van der Waals surface area contributed by atoms with Crippen LogP contribution in [0, 0.1) is 0 Å². The first-order chi connectivity index (χ1) is 17.1. The van der Waals surface area contributed by atoms with Crippen LogP contribution in [0.4, 0.5) is 5.69 Å². The zero-order valence-electron chi connectivity index (χ0n) is 18.9. The number of fused-ring (bicyclic) bond motifs is 3. The first-order valence-corrected chi connectivity index (χ1v) is 12.0. The summed E-state index contributed by atoms with van der Waals surface area (Å²) in [6.07, 6.45) is -0.668. The average molecular weight is 509 g/mol. The Morgan fingerprint density at radius 1 is 1.03 bits per heavy atom. The van der Waals surface area contributed by atoms with Crippen molar-refractivity contribution in [3.05, 3.63) is 76.8 Å². The normalized spacial score (nSPS) is 14.1. The molecule has 4 aromatic rings. The van der Waals surface area contributed by atoms with Gasteiger partial charge in [0.1, 0.15) is 0 Å². The van der Waals surface area contributed by atoms with Crippen molar-refractivity contribution < 1.29 is 19.3 Å². The lowest BCUT2D eigenvalue weighted by atomic mass is 10.1. The molecule has 0 amide bonds. The van der Waals surface area contributed by atoms with E-state index in [1.165, 1.54) is 26.0 Å². The summed E-state index contributed by atoms with van der Waals surface area (Å²) in [6.45, 7) is 0. The van der Waals surface area contributed by atoms with E-state index in [1.807, 2.05) is 48.5 Å². The van der Waals surface area contributed by atoms with Crippen LogP contribution in [0.1, 0.15) is 17.4 Å². The van der Waals surface area contributed by atoms with Crippen molar-refractivity contribution in [1.29, 1.82) is 0 Å². The molecule has 3 aromatic carbocycles. The molecule has 1 aliphatic heterocycles. The summed E-state index contributed by atoms with van der Waals surface area (Å²) in [4.78, 5) is 4.67. The number of phenolic OH excluding ortho intramolecular Hbond substituents is 1. The van der Waals surface area contributed by atoms with Gasteiger partial charge in [-0.2, -0.15) is 4.98 Å². The summed E-state index contributed by atoms with van der Waals surface area (Å²) >= 11 is 7.71. The molecular weight excluding hydrogens is 488 g/mol. The molecule has 2 N–H and O–H groups in total. The Kier molecular flexibility index (Phi) is 6.52. The highest BCUT2D eigenvalue weighted by Gasteiger charge is 2.27. The Balaban J connectivity index is 1.53. The molecule has 178 valence electrons. The molecule has 0 aliphatic carbocycles. The second-order valence-electron chi connectivity index (χ2n) is 7.59. The van der Waals surface area contributed by atoms with Crippen molar-refractivity contribution in [3.8, 4) is 34.4 Å². The summed E-state index contributed by atoms with van der Waals surface area (Å²) in [5, 5.41) is 23.6. The topological polar surface area (TPSA) is 98.6 Å². The maximum atomic E-state index is 10.3. The third-order valence-electron chi connectivity index (χ3n) is 5.45. The maximum absolute atomic E-state index is 10.3. The van der Waals surface area contributed by atoms with E-state index in [9.17, 15) is 5.11 Å². The summed E-state index contributed by atoms with van der Waals surface area (Å²) in [5.74, 6) is 1.36. The van der Waals surface area contributed by atoms with Gasteiger partial charge in [-0.3, -0.25) is 0 Å². The van der Waals surface area contributed by atoms with E-state index < -0.39 is 6.23 Å². The molecule has 2 heterocycles. The van der Waals surface area contributed by atoms with Gasteiger partial charge in [-0.1, -0.05) is 59.8 Å². The molecule has 0 radical (unpaired) electrons. The van der Waals surface area contributed by atoms with Gasteiger partial charge in [-0.25, -0.2) is 0 Å². The van der Waals surface area contributed by atoms with Crippen molar-refractivity contribution in [2.24, 2.45) is 0 Å². The Labute approximate surface area is 211 Å². The van der Waals surface area contributed by atoms with E-state index >= 15 is 0 Å². The second kappa shape index (κ2) is 9.89. The number of rotatable bonds is 6. The Bertz CT molecular complexity index is 1360. The quantitative estimate of drug-likeness (QED) is 0.317. The monoisotopic (exact) mass is 508 g/mol. The SMILES string of the molecule is COc1cc(C2Nc3ccccc3-c3nnc(SCc4ccccc4Cl)nc3O2)cc(OC)c1O. The van der Waals surface area contributed by atoms with Crippen LogP contribution in [-0.2, 0) is 5.75 Å². The number of nitrogens with one attached hydrogen (secondary N) is 1. The van der Waals surface area contributed by atoms with Crippen LogP contribution in [-0.4, -0.2) is 34.5 Å². The molecular formula is C25H21ClN4O4S. The average Bonchev–Trinajstić information content (AvgIpc) is 3.05. The Hall–Kier alpha value is -3.69. The van der Waals surface area contributed by atoms with E-state index in [-0.39, 0.29) is 17.2 Å². The minimum absolute atomic E-state index is 0.0876.